The van der Waals surface area contributed by atoms with Crippen LogP contribution in [0.4, 0.5) is 11.4 Å². The number of phenols is 1. The zero-order valence-electron chi connectivity index (χ0n) is 23.5. The molecule has 0 heterocycles. The summed E-state index contributed by atoms with van der Waals surface area (Å²) in [6.07, 6.45) is 0.106. The lowest BCUT2D eigenvalue weighted by molar-refractivity contribution is -0.153. The van der Waals surface area contributed by atoms with Crippen LogP contribution in [0.2, 0.25) is 0 Å². The summed E-state index contributed by atoms with van der Waals surface area (Å²) in [7, 11) is 6.57. The van der Waals surface area contributed by atoms with Crippen molar-refractivity contribution in [3.63, 3.8) is 0 Å². The second kappa shape index (κ2) is 10.00. The molecule has 42 heavy (non-hydrogen) atoms. The topological polar surface area (TPSA) is 194 Å². The van der Waals surface area contributed by atoms with Crippen molar-refractivity contribution in [1.29, 1.82) is 0 Å². The number of aliphatic hydroxyl groups is 3. The Kier molecular flexibility index (Phi) is 6.86. The maximum atomic E-state index is 14.1. The highest BCUT2D eigenvalue weighted by Crippen LogP contribution is 2.54. The number of primary amides is 1. The van der Waals surface area contributed by atoms with Gasteiger partial charge >= 0.3 is 0 Å². The minimum atomic E-state index is -2.73. The molecular weight excluding hydrogens is 544 g/mol. The number of carbonyl (C=O) groups is 4. The fourth-order valence-corrected chi connectivity index (χ4v) is 6.57. The van der Waals surface area contributed by atoms with Crippen LogP contribution >= 0.6 is 0 Å². The van der Waals surface area contributed by atoms with Crippen LogP contribution < -0.4 is 16.0 Å². The van der Waals surface area contributed by atoms with Gasteiger partial charge in [0.05, 0.1) is 17.3 Å². The number of aliphatic hydroxyl groups excluding tert-OH is 2. The average Bonchev–Trinajstić information content (AvgIpc) is 2.92. The number of anilines is 2. The summed E-state index contributed by atoms with van der Waals surface area (Å²) in [6.45, 7) is 0. The number of nitrogens with two attached hydrogens (primary N) is 1. The van der Waals surface area contributed by atoms with E-state index in [2.05, 4.69) is 5.32 Å². The lowest BCUT2D eigenvalue weighted by atomic mass is 9.57. The second-order valence-electron chi connectivity index (χ2n) is 11.3. The van der Waals surface area contributed by atoms with Gasteiger partial charge in [-0.15, -0.1) is 0 Å². The Bertz CT molecular complexity index is 1610. The maximum Gasteiger partial charge on any atom is 0.255 e. The van der Waals surface area contributed by atoms with Gasteiger partial charge in [0.2, 0.25) is 5.78 Å². The zero-order chi connectivity index (χ0) is 30.8. The molecule has 0 radical (unpaired) electrons. The van der Waals surface area contributed by atoms with Gasteiger partial charge in [-0.1, -0.05) is 18.2 Å². The second-order valence-corrected chi connectivity index (χ2v) is 11.3. The van der Waals surface area contributed by atoms with E-state index >= 15 is 0 Å². The first-order valence-corrected chi connectivity index (χ1v) is 13.3. The van der Waals surface area contributed by atoms with Crippen molar-refractivity contribution in [3.8, 4) is 5.75 Å². The van der Waals surface area contributed by atoms with E-state index < -0.39 is 69.7 Å². The van der Waals surface area contributed by atoms with Crippen molar-refractivity contribution >= 4 is 40.5 Å². The van der Waals surface area contributed by atoms with E-state index in [0.29, 0.717) is 16.8 Å². The van der Waals surface area contributed by atoms with Crippen LogP contribution in [0, 0.1) is 11.8 Å². The number of rotatable bonds is 5. The van der Waals surface area contributed by atoms with Gasteiger partial charge in [-0.05, 0) is 56.6 Å². The van der Waals surface area contributed by atoms with E-state index in [9.17, 15) is 39.6 Å². The Morgan fingerprint density at radius 3 is 2.26 bits per heavy atom. The van der Waals surface area contributed by atoms with E-state index in [1.54, 1.807) is 69.5 Å². The summed E-state index contributed by atoms with van der Waals surface area (Å²) >= 11 is 0. The minimum Gasteiger partial charge on any atom is -0.508 e. The lowest BCUT2D eigenvalue weighted by Crippen LogP contribution is -2.65. The first-order valence-electron chi connectivity index (χ1n) is 13.3. The normalized spacial score (nSPS) is 25.1. The summed E-state index contributed by atoms with van der Waals surface area (Å²) in [5, 5.41) is 48.3. The Hall–Kier alpha value is -4.68. The minimum absolute atomic E-state index is 0.0218. The fourth-order valence-electron chi connectivity index (χ4n) is 6.57. The molecule has 0 spiro atoms. The molecule has 7 N–H and O–H groups in total. The van der Waals surface area contributed by atoms with E-state index in [0.717, 1.165) is 0 Å². The van der Waals surface area contributed by atoms with E-state index in [-0.39, 0.29) is 29.7 Å². The monoisotopic (exact) mass is 576 g/mol. The van der Waals surface area contributed by atoms with Gasteiger partial charge in [0.25, 0.3) is 11.8 Å². The van der Waals surface area contributed by atoms with Crippen LogP contribution in [0.15, 0.2) is 53.3 Å². The van der Waals surface area contributed by atoms with Crippen molar-refractivity contribution in [3.05, 3.63) is 70.0 Å². The summed E-state index contributed by atoms with van der Waals surface area (Å²) in [5.74, 6) is -7.90. The number of hydrogen-bond donors (Lipinski definition) is 6. The first-order chi connectivity index (χ1) is 19.7. The number of amides is 2. The van der Waals surface area contributed by atoms with Crippen molar-refractivity contribution in [2.24, 2.45) is 17.6 Å². The molecule has 3 aliphatic carbocycles. The van der Waals surface area contributed by atoms with Gasteiger partial charge in [0, 0.05) is 36.8 Å². The van der Waals surface area contributed by atoms with Crippen molar-refractivity contribution < 1.29 is 39.6 Å². The maximum absolute atomic E-state index is 14.1. The van der Waals surface area contributed by atoms with Crippen molar-refractivity contribution in [1.82, 2.24) is 4.90 Å². The van der Waals surface area contributed by atoms with Gasteiger partial charge in [-0.3, -0.25) is 24.1 Å². The highest BCUT2D eigenvalue weighted by atomic mass is 16.3. The molecule has 0 aromatic heterocycles. The molecule has 3 unspecified atom stereocenters. The van der Waals surface area contributed by atoms with Crippen molar-refractivity contribution in [2.45, 2.75) is 24.5 Å². The Morgan fingerprint density at radius 2 is 1.69 bits per heavy atom. The molecule has 0 saturated heterocycles. The number of phenolic OH excluding ortho intramolecular Hbond substituents is 1. The molecule has 5 rings (SSSR count). The van der Waals surface area contributed by atoms with Crippen LogP contribution in [0.3, 0.4) is 0 Å². The summed E-state index contributed by atoms with van der Waals surface area (Å²) < 4.78 is 0. The number of fused-ring (bicyclic) bond motifs is 3. The average molecular weight is 577 g/mol. The van der Waals surface area contributed by atoms with Crippen LogP contribution in [-0.4, -0.2) is 88.5 Å². The number of nitrogens with one attached hydrogen (secondary N) is 1. The fraction of sp³-hybridized carbons (Fsp3) is 0.333. The number of nitrogens with zero attached hydrogens (tertiary/aromatic N) is 2. The zero-order valence-corrected chi connectivity index (χ0v) is 23.5. The number of Topliss-reactive ketones (excluding diaryl/α,β-unsaturated/α-hetero) is 2. The third kappa shape index (κ3) is 4.05. The van der Waals surface area contributed by atoms with E-state index in [1.165, 1.54) is 4.90 Å². The molecule has 0 bridgehead atoms. The highest BCUT2D eigenvalue weighted by Gasteiger charge is 2.64. The molecule has 3 aliphatic rings. The smallest absolute Gasteiger partial charge is 0.255 e. The Morgan fingerprint density at radius 1 is 1.05 bits per heavy atom. The molecule has 0 aliphatic heterocycles. The summed E-state index contributed by atoms with van der Waals surface area (Å²) in [6, 6.07) is 8.70. The molecule has 2 aromatic rings. The molecular formula is C30H32N4O8. The number of hydrogen-bond acceptors (Lipinski definition) is 10. The number of ketones is 2. The van der Waals surface area contributed by atoms with Gasteiger partial charge in [-0.2, -0.15) is 0 Å². The van der Waals surface area contributed by atoms with Crippen LogP contribution in [0.5, 0.6) is 5.75 Å². The van der Waals surface area contributed by atoms with Gasteiger partial charge in [0.15, 0.2) is 11.4 Å². The molecule has 1 fully saturated rings. The number of carbonyl (C=O) groups excluding carboxylic acids is 4. The molecule has 4 atom stereocenters. The molecule has 12 heteroatoms. The number of likely N-dealkylation sites (N-methyl/N-ethyl adjacent to an activating group) is 1. The molecule has 220 valence electrons. The molecule has 1 saturated carbocycles. The summed E-state index contributed by atoms with van der Waals surface area (Å²) in [5.41, 5.74) is 2.72. The molecule has 2 amide bonds. The third-order valence-electron chi connectivity index (χ3n) is 8.46. The third-order valence-corrected chi connectivity index (χ3v) is 8.46. The van der Waals surface area contributed by atoms with Crippen LogP contribution in [0.1, 0.15) is 27.9 Å². The van der Waals surface area contributed by atoms with Crippen LogP contribution in [-0.2, 0) is 20.8 Å². The Balaban J connectivity index is 1.70. The van der Waals surface area contributed by atoms with Crippen LogP contribution in [0.25, 0.3) is 5.76 Å². The predicted molar refractivity (Wildman–Crippen MR) is 153 cm³/mol. The number of benzene rings is 2. The Labute approximate surface area is 241 Å². The van der Waals surface area contributed by atoms with Crippen molar-refractivity contribution in [2.75, 3.05) is 38.4 Å². The van der Waals surface area contributed by atoms with E-state index in [4.69, 9.17) is 5.73 Å². The van der Waals surface area contributed by atoms with Gasteiger partial charge in [-0.25, -0.2) is 0 Å². The number of aromatic hydroxyl groups is 1. The largest absolute Gasteiger partial charge is 0.508 e. The molecule has 12 nitrogen and oxygen atoms in total. The summed E-state index contributed by atoms with van der Waals surface area (Å²) in [4.78, 5) is 55.6. The quantitative estimate of drug-likeness (QED) is 0.223. The predicted octanol–water partition coefficient (Wildman–Crippen LogP) is 1.28. The van der Waals surface area contributed by atoms with Gasteiger partial charge in [0.1, 0.15) is 22.8 Å². The highest BCUT2D eigenvalue weighted by molar-refractivity contribution is 6.24. The van der Waals surface area contributed by atoms with E-state index in [1.807, 2.05) is 0 Å². The first kappa shape index (κ1) is 28.8. The molecule has 2 aromatic carbocycles. The SMILES string of the molecule is CN(C)c1cc(NC(=O)c2ccccc2)c(O)c2c1CC1CC3[C@H](N(C)C)C(=O)C(C(N)=O)=C(O)C3(O)C(=O)C1=C2O. The standard InChI is InChI=1S/C30H32N4O8/c1-33(2)18-12-17(32-29(41)13-8-6-5-7-9-13)23(35)20-15(18)10-14-11-16-22(34(3)4)25(37)21(28(31)40)27(39)30(16,42)26(38)19(14)24(20)36/h5-9,12,14,16,22,35-36,39,42H,10-11H2,1-4H3,(H2,31,40)(H,32,41)/t14?,16?,22-,30?/m0/s1. The van der Waals surface area contributed by atoms with Gasteiger partial charge < -0.3 is 36.4 Å². The lowest BCUT2D eigenvalue weighted by Gasteiger charge is -2.50.